The predicted molar refractivity (Wildman–Crippen MR) is 78.3 cm³/mol. The summed E-state index contributed by atoms with van der Waals surface area (Å²) >= 11 is 7.72. The zero-order valence-electron chi connectivity index (χ0n) is 10.4. The second-order valence-electron chi connectivity index (χ2n) is 4.08. The summed E-state index contributed by atoms with van der Waals surface area (Å²) in [5.41, 5.74) is 4.59. The molecule has 8 heteroatoms. The summed E-state index contributed by atoms with van der Waals surface area (Å²) in [4.78, 5) is 11.9. The molecule has 0 aliphatic heterocycles. The number of hydrogen-bond donors (Lipinski definition) is 2. The lowest BCUT2D eigenvalue weighted by Crippen LogP contribution is -2.32. The molecule has 0 saturated carbocycles. The smallest absolute Gasteiger partial charge is 0.393 e. The molecule has 1 rings (SSSR count). The minimum atomic E-state index is -4.49. The van der Waals surface area contributed by atoms with Crippen molar-refractivity contribution in [3.8, 4) is 0 Å². The Kier molecular flexibility index (Phi) is 5.52. The molecule has 1 aromatic rings. The van der Waals surface area contributed by atoms with E-state index in [-0.39, 0.29) is 15.1 Å². The standard InChI is InChI=1S/C12H12BrF3N2OS/c1-2-9(10(17)20)11(19)18-8-4-6(12(14,15)16)3-7(13)5-8/h3-5,9H,2H2,1H3,(H2,17,20)(H,18,19). The van der Waals surface area contributed by atoms with Crippen LogP contribution in [0.2, 0.25) is 0 Å². The topological polar surface area (TPSA) is 55.1 Å². The predicted octanol–water partition coefficient (Wildman–Crippen LogP) is 3.72. The van der Waals surface area contributed by atoms with Crippen LogP contribution in [0.25, 0.3) is 0 Å². The Hall–Kier alpha value is -1.15. The third-order valence-corrected chi connectivity index (χ3v) is 3.30. The molecule has 110 valence electrons. The van der Waals surface area contributed by atoms with Crippen molar-refractivity contribution in [2.45, 2.75) is 19.5 Å². The van der Waals surface area contributed by atoms with Gasteiger partial charge in [-0.3, -0.25) is 4.79 Å². The van der Waals surface area contributed by atoms with E-state index >= 15 is 0 Å². The van der Waals surface area contributed by atoms with Gasteiger partial charge in [0.1, 0.15) is 0 Å². The highest BCUT2D eigenvalue weighted by Crippen LogP contribution is 2.33. The lowest BCUT2D eigenvalue weighted by Gasteiger charge is -2.15. The van der Waals surface area contributed by atoms with Crippen LogP contribution >= 0.6 is 28.1 Å². The molecule has 1 atom stereocenters. The Bertz CT molecular complexity index is 534. The minimum absolute atomic E-state index is 0.0102. The van der Waals surface area contributed by atoms with Gasteiger partial charge in [0.2, 0.25) is 5.91 Å². The van der Waals surface area contributed by atoms with Crippen molar-refractivity contribution in [1.82, 2.24) is 0 Å². The van der Waals surface area contributed by atoms with Crippen LogP contribution < -0.4 is 11.1 Å². The van der Waals surface area contributed by atoms with E-state index in [0.717, 1.165) is 12.1 Å². The molecule has 3 nitrogen and oxygen atoms in total. The van der Waals surface area contributed by atoms with Crippen LogP contribution in [0.3, 0.4) is 0 Å². The zero-order chi connectivity index (χ0) is 15.5. The molecule has 0 fully saturated rings. The summed E-state index contributed by atoms with van der Waals surface area (Å²) in [7, 11) is 0. The Morgan fingerprint density at radius 2 is 2.05 bits per heavy atom. The van der Waals surface area contributed by atoms with Crippen LogP contribution in [0, 0.1) is 5.92 Å². The summed E-state index contributed by atoms with van der Waals surface area (Å²) in [5, 5.41) is 2.39. The van der Waals surface area contributed by atoms with Gasteiger partial charge in [0.05, 0.1) is 16.5 Å². The van der Waals surface area contributed by atoms with Gasteiger partial charge in [-0.25, -0.2) is 0 Å². The molecular formula is C12H12BrF3N2OS. The first kappa shape index (κ1) is 16.9. The number of carbonyl (C=O) groups excluding carboxylic acids is 1. The number of thiocarbonyl (C=S) groups is 1. The van der Waals surface area contributed by atoms with Crippen molar-refractivity contribution >= 4 is 44.7 Å². The number of nitrogens with one attached hydrogen (secondary N) is 1. The van der Waals surface area contributed by atoms with Crippen molar-refractivity contribution < 1.29 is 18.0 Å². The number of alkyl halides is 3. The molecule has 3 N–H and O–H groups in total. The number of amides is 1. The summed E-state index contributed by atoms with van der Waals surface area (Å²) in [6.45, 7) is 1.71. The van der Waals surface area contributed by atoms with Gasteiger partial charge >= 0.3 is 6.18 Å². The molecule has 0 aliphatic carbocycles. The molecular weight excluding hydrogens is 357 g/mol. The number of anilines is 1. The fourth-order valence-electron chi connectivity index (χ4n) is 1.57. The van der Waals surface area contributed by atoms with E-state index in [1.807, 2.05) is 0 Å². The van der Waals surface area contributed by atoms with Gasteiger partial charge in [-0.1, -0.05) is 35.1 Å². The number of rotatable bonds is 4. The van der Waals surface area contributed by atoms with Crippen LogP contribution in [0.1, 0.15) is 18.9 Å². The van der Waals surface area contributed by atoms with Gasteiger partial charge in [-0.05, 0) is 24.6 Å². The third kappa shape index (κ3) is 4.45. The van der Waals surface area contributed by atoms with Gasteiger partial charge in [0, 0.05) is 10.2 Å². The quantitative estimate of drug-likeness (QED) is 0.796. The molecule has 20 heavy (non-hydrogen) atoms. The largest absolute Gasteiger partial charge is 0.416 e. The van der Waals surface area contributed by atoms with Gasteiger partial charge in [0.25, 0.3) is 0 Å². The van der Waals surface area contributed by atoms with E-state index in [9.17, 15) is 18.0 Å². The van der Waals surface area contributed by atoms with Gasteiger partial charge in [-0.2, -0.15) is 13.2 Å². The molecule has 0 heterocycles. The fraction of sp³-hybridized carbons (Fsp3) is 0.333. The van der Waals surface area contributed by atoms with Crippen molar-refractivity contribution in [2.24, 2.45) is 11.7 Å². The lowest BCUT2D eigenvalue weighted by molar-refractivity contribution is -0.137. The lowest BCUT2D eigenvalue weighted by atomic mass is 10.1. The normalized spacial score (nSPS) is 12.8. The van der Waals surface area contributed by atoms with Crippen LogP contribution in [-0.2, 0) is 11.0 Å². The summed E-state index contributed by atoms with van der Waals surface area (Å²) in [6, 6.07) is 3.16. The maximum atomic E-state index is 12.7. The monoisotopic (exact) mass is 368 g/mol. The van der Waals surface area contributed by atoms with E-state index in [1.165, 1.54) is 6.07 Å². The first-order valence-electron chi connectivity index (χ1n) is 5.63. The first-order valence-corrected chi connectivity index (χ1v) is 6.83. The molecule has 1 amide bonds. The average molecular weight is 369 g/mol. The van der Waals surface area contributed by atoms with Crippen molar-refractivity contribution in [3.05, 3.63) is 28.2 Å². The highest BCUT2D eigenvalue weighted by molar-refractivity contribution is 9.10. The van der Waals surface area contributed by atoms with Crippen LogP contribution in [-0.4, -0.2) is 10.9 Å². The Morgan fingerprint density at radius 3 is 2.50 bits per heavy atom. The molecule has 0 radical (unpaired) electrons. The summed E-state index contributed by atoms with van der Waals surface area (Å²) < 4.78 is 38.2. The second-order valence-corrected chi connectivity index (χ2v) is 5.47. The van der Waals surface area contributed by atoms with E-state index in [0.29, 0.717) is 6.42 Å². The van der Waals surface area contributed by atoms with E-state index in [4.69, 9.17) is 18.0 Å². The number of nitrogens with two attached hydrogens (primary N) is 1. The molecule has 1 aromatic carbocycles. The van der Waals surface area contributed by atoms with Crippen LogP contribution in [0.4, 0.5) is 18.9 Å². The third-order valence-electron chi connectivity index (χ3n) is 2.56. The fourth-order valence-corrected chi connectivity index (χ4v) is 2.34. The minimum Gasteiger partial charge on any atom is -0.393 e. The Morgan fingerprint density at radius 1 is 1.45 bits per heavy atom. The SMILES string of the molecule is CCC(C(=O)Nc1cc(Br)cc(C(F)(F)F)c1)C(N)=S. The highest BCUT2D eigenvalue weighted by atomic mass is 79.9. The molecule has 0 saturated heterocycles. The maximum Gasteiger partial charge on any atom is 0.416 e. The molecule has 1 unspecified atom stereocenters. The highest BCUT2D eigenvalue weighted by Gasteiger charge is 2.31. The van der Waals surface area contributed by atoms with Gasteiger partial charge < -0.3 is 11.1 Å². The summed E-state index contributed by atoms with van der Waals surface area (Å²) in [6.07, 6.45) is -4.11. The van der Waals surface area contributed by atoms with Gasteiger partial charge in [0.15, 0.2) is 0 Å². The molecule has 0 bridgehead atoms. The van der Waals surface area contributed by atoms with E-state index < -0.39 is 23.6 Å². The number of carbonyl (C=O) groups is 1. The number of hydrogen-bond acceptors (Lipinski definition) is 2. The van der Waals surface area contributed by atoms with Crippen LogP contribution in [0.15, 0.2) is 22.7 Å². The Balaban J connectivity index is 3.01. The Labute approximate surface area is 127 Å². The average Bonchev–Trinajstić information content (AvgIpc) is 2.26. The van der Waals surface area contributed by atoms with Crippen molar-refractivity contribution in [1.29, 1.82) is 0 Å². The zero-order valence-corrected chi connectivity index (χ0v) is 12.8. The molecule has 0 aliphatic rings. The number of benzene rings is 1. The summed E-state index contributed by atoms with van der Waals surface area (Å²) in [5.74, 6) is -1.23. The van der Waals surface area contributed by atoms with Crippen molar-refractivity contribution in [2.75, 3.05) is 5.32 Å². The molecule has 0 aromatic heterocycles. The maximum absolute atomic E-state index is 12.7. The molecule has 0 spiro atoms. The van der Waals surface area contributed by atoms with Gasteiger partial charge in [-0.15, -0.1) is 0 Å². The van der Waals surface area contributed by atoms with E-state index in [2.05, 4.69) is 21.2 Å². The van der Waals surface area contributed by atoms with Crippen molar-refractivity contribution in [3.63, 3.8) is 0 Å². The second kappa shape index (κ2) is 6.53. The van der Waals surface area contributed by atoms with Crippen LogP contribution in [0.5, 0.6) is 0 Å². The number of halogens is 4. The van der Waals surface area contributed by atoms with E-state index in [1.54, 1.807) is 6.92 Å². The first-order chi connectivity index (χ1) is 9.15.